The van der Waals surface area contributed by atoms with Crippen LogP contribution < -0.4 is 20.1 Å². The summed E-state index contributed by atoms with van der Waals surface area (Å²) < 4.78 is 10.5. The molecule has 5 nitrogen and oxygen atoms in total. The molecule has 0 aromatic heterocycles. The summed E-state index contributed by atoms with van der Waals surface area (Å²) in [6, 6.07) is 20.1. The maximum absolute atomic E-state index is 12.4. The fraction of sp³-hybridized carbons (Fsp3) is 0.227. The summed E-state index contributed by atoms with van der Waals surface area (Å²) in [5.41, 5.74) is 1.86. The van der Waals surface area contributed by atoms with Crippen LogP contribution in [0, 0.1) is 0 Å². The van der Waals surface area contributed by atoms with Crippen molar-refractivity contribution in [3.05, 3.63) is 66.2 Å². The monoisotopic (exact) mass is 365 g/mol. The average Bonchev–Trinajstić information content (AvgIpc) is 2.71. The third-order valence-electron chi connectivity index (χ3n) is 4.65. The largest absolute Gasteiger partial charge is 0.497 e. The molecule has 0 unspecified atom stereocenters. The van der Waals surface area contributed by atoms with Crippen LogP contribution in [-0.2, 0) is 4.79 Å². The number of methoxy groups -OCH3 is 2. The van der Waals surface area contributed by atoms with Crippen molar-refractivity contribution >= 4 is 22.4 Å². The molecule has 0 fully saturated rings. The van der Waals surface area contributed by atoms with E-state index in [2.05, 4.69) is 42.6 Å². The molecule has 0 aliphatic carbocycles. The number of ether oxygens (including phenoxy) is 2. The fourth-order valence-corrected chi connectivity index (χ4v) is 3.16. The Morgan fingerprint density at radius 1 is 1.04 bits per heavy atom. The fourth-order valence-electron chi connectivity index (χ4n) is 3.16. The van der Waals surface area contributed by atoms with Gasteiger partial charge in [0, 0.05) is 11.6 Å². The zero-order chi connectivity index (χ0) is 19.2. The number of carbonyl (C=O) groups is 1. The van der Waals surface area contributed by atoms with Crippen molar-refractivity contribution in [3.8, 4) is 11.5 Å². The van der Waals surface area contributed by atoms with Crippen molar-refractivity contribution in [2.45, 2.75) is 13.0 Å². The van der Waals surface area contributed by atoms with Gasteiger partial charge in [-0.2, -0.15) is 0 Å². The van der Waals surface area contributed by atoms with Crippen molar-refractivity contribution in [1.82, 2.24) is 0 Å². The third kappa shape index (κ3) is 4.38. The van der Waals surface area contributed by atoms with Crippen LogP contribution in [0.2, 0.25) is 0 Å². The molecule has 1 amide bonds. The van der Waals surface area contributed by atoms with E-state index in [1.54, 1.807) is 32.4 Å². The van der Waals surface area contributed by atoms with Gasteiger partial charge in [0.05, 0.1) is 19.9 Å². The van der Waals surface area contributed by atoms with Crippen LogP contribution in [0.4, 0.5) is 5.69 Å². The summed E-state index contributed by atoms with van der Waals surface area (Å²) in [4.78, 5) is 12.4. The first-order chi connectivity index (χ1) is 13.1. The molecular weight excluding hydrogens is 340 g/mol. The quantitative estimate of drug-likeness (QED) is 0.676. The number of quaternary nitrogens is 1. The SMILES string of the molecule is COc1ccc(NC(=O)C[NH2+][C@H](C)c2cccc3ccccc23)c(OC)c1. The van der Waals surface area contributed by atoms with E-state index >= 15 is 0 Å². The van der Waals surface area contributed by atoms with Gasteiger partial charge < -0.3 is 20.1 Å². The maximum Gasteiger partial charge on any atom is 0.279 e. The van der Waals surface area contributed by atoms with E-state index < -0.39 is 0 Å². The van der Waals surface area contributed by atoms with Gasteiger partial charge in [0.15, 0.2) is 6.54 Å². The van der Waals surface area contributed by atoms with Crippen LogP contribution in [0.3, 0.4) is 0 Å². The lowest BCUT2D eigenvalue weighted by molar-refractivity contribution is -0.682. The minimum Gasteiger partial charge on any atom is -0.497 e. The summed E-state index contributed by atoms with van der Waals surface area (Å²) in [5.74, 6) is 1.18. The molecule has 0 spiro atoms. The highest BCUT2D eigenvalue weighted by molar-refractivity contribution is 5.93. The first kappa shape index (κ1) is 18.7. The lowest BCUT2D eigenvalue weighted by Crippen LogP contribution is -2.86. The molecule has 3 aromatic carbocycles. The summed E-state index contributed by atoms with van der Waals surface area (Å²) in [5, 5.41) is 7.37. The van der Waals surface area contributed by atoms with E-state index in [4.69, 9.17) is 9.47 Å². The van der Waals surface area contributed by atoms with Gasteiger partial charge in [-0.3, -0.25) is 4.79 Å². The number of nitrogens with one attached hydrogen (secondary N) is 1. The molecule has 27 heavy (non-hydrogen) atoms. The van der Waals surface area contributed by atoms with Crippen molar-refractivity contribution in [1.29, 1.82) is 0 Å². The van der Waals surface area contributed by atoms with Crippen LogP contribution >= 0.6 is 0 Å². The maximum atomic E-state index is 12.4. The number of carbonyl (C=O) groups excluding carboxylic acids is 1. The highest BCUT2D eigenvalue weighted by Gasteiger charge is 2.15. The van der Waals surface area contributed by atoms with Crippen LogP contribution in [-0.4, -0.2) is 26.7 Å². The van der Waals surface area contributed by atoms with Gasteiger partial charge >= 0.3 is 0 Å². The van der Waals surface area contributed by atoms with E-state index in [1.165, 1.54) is 16.3 Å². The Morgan fingerprint density at radius 2 is 1.81 bits per heavy atom. The van der Waals surface area contributed by atoms with E-state index in [1.807, 2.05) is 17.4 Å². The van der Waals surface area contributed by atoms with Gasteiger partial charge in [-0.15, -0.1) is 0 Å². The van der Waals surface area contributed by atoms with Crippen molar-refractivity contribution in [2.75, 3.05) is 26.1 Å². The molecule has 3 rings (SSSR count). The van der Waals surface area contributed by atoms with Crippen LogP contribution in [0.15, 0.2) is 60.7 Å². The topological polar surface area (TPSA) is 64.2 Å². The minimum absolute atomic E-state index is 0.0782. The zero-order valence-electron chi connectivity index (χ0n) is 15.9. The van der Waals surface area contributed by atoms with Gasteiger partial charge in [0.25, 0.3) is 5.91 Å². The van der Waals surface area contributed by atoms with Gasteiger partial charge in [0.1, 0.15) is 17.5 Å². The number of rotatable bonds is 7. The van der Waals surface area contributed by atoms with Crippen molar-refractivity contribution < 1.29 is 19.6 Å². The lowest BCUT2D eigenvalue weighted by atomic mass is 10.00. The number of amides is 1. The Hall–Kier alpha value is -3.05. The second kappa shape index (κ2) is 8.56. The third-order valence-corrected chi connectivity index (χ3v) is 4.65. The first-order valence-electron chi connectivity index (χ1n) is 8.95. The summed E-state index contributed by atoms with van der Waals surface area (Å²) in [6.45, 7) is 2.43. The molecule has 0 saturated heterocycles. The summed E-state index contributed by atoms with van der Waals surface area (Å²) >= 11 is 0. The highest BCUT2D eigenvalue weighted by Crippen LogP contribution is 2.28. The first-order valence-corrected chi connectivity index (χ1v) is 8.95. The van der Waals surface area contributed by atoms with E-state index in [0.29, 0.717) is 23.7 Å². The Kier molecular flexibility index (Phi) is 5.94. The number of hydrogen-bond donors (Lipinski definition) is 2. The predicted octanol–water partition coefficient (Wildman–Crippen LogP) is 3.12. The standard InChI is InChI=1S/C22H24N2O3/c1-15(18-10-6-8-16-7-4-5-9-19(16)18)23-14-22(25)24-20-12-11-17(26-2)13-21(20)27-3/h4-13,15,23H,14H2,1-3H3,(H,24,25)/p+1/t15-/m1/s1. The Bertz CT molecular complexity index is 934. The number of benzene rings is 3. The van der Waals surface area contributed by atoms with E-state index in [-0.39, 0.29) is 11.9 Å². The smallest absolute Gasteiger partial charge is 0.279 e. The van der Waals surface area contributed by atoms with Crippen LogP contribution in [0.25, 0.3) is 10.8 Å². The van der Waals surface area contributed by atoms with E-state index in [9.17, 15) is 4.79 Å². The Balaban J connectivity index is 1.65. The highest BCUT2D eigenvalue weighted by atomic mass is 16.5. The van der Waals surface area contributed by atoms with Gasteiger partial charge in [-0.25, -0.2) is 0 Å². The number of fused-ring (bicyclic) bond motifs is 1. The normalized spacial score (nSPS) is 11.8. The molecule has 0 bridgehead atoms. The lowest BCUT2D eigenvalue weighted by Gasteiger charge is -2.15. The summed E-state index contributed by atoms with van der Waals surface area (Å²) in [6.07, 6.45) is 0. The molecule has 5 heteroatoms. The Morgan fingerprint density at radius 3 is 2.59 bits per heavy atom. The number of hydrogen-bond acceptors (Lipinski definition) is 3. The van der Waals surface area contributed by atoms with Gasteiger partial charge in [-0.05, 0) is 29.8 Å². The number of nitrogens with two attached hydrogens (primary N) is 1. The van der Waals surface area contributed by atoms with Crippen molar-refractivity contribution in [3.63, 3.8) is 0 Å². The molecule has 0 aliphatic rings. The van der Waals surface area contributed by atoms with Gasteiger partial charge in [-0.1, -0.05) is 42.5 Å². The molecule has 0 aliphatic heterocycles. The predicted molar refractivity (Wildman–Crippen MR) is 107 cm³/mol. The molecule has 0 saturated carbocycles. The molecule has 1 atom stereocenters. The van der Waals surface area contributed by atoms with Gasteiger partial charge in [0.2, 0.25) is 0 Å². The Labute approximate surface area is 159 Å². The minimum atomic E-state index is -0.0782. The molecule has 0 radical (unpaired) electrons. The average molecular weight is 365 g/mol. The molecule has 3 N–H and O–H groups in total. The van der Waals surface area contributed by atoms with Crippen LogP contribution in [0.5, 0.6) is 11.5 Å². The zero-order valence-corrected chi connectivity index (χ0v) is 15.9. The van der Waals surface area contributed by atoms with Crippen molar-refractivity contribution in [2.24, 2.45) is 0 Å². The molecular formula is C22H25N2O3+. The molecule has 140 valence electrons. The number of anilines is 1. The second-order valence-corrected chi connectivity index (χ2v) is 6.41. The molecule has 0 heterocycles. The summed E-state index contributed by atoms with van der Waals surface area (Å²) in [7, 11) is 3.16. The second-order valence-electron chi connectivity index (χ2n) is 6.41. The molecule has 3 aromatic rings. The van der Waals surface area contributed by atoms with Crippen LogP contribution in [0.1, 0.15) is 18.5 Å². The van der Waals surface area contributed by atoms with E-state index in [0.717, 1.165) is 0 Å².